The summed E-state index contributed by atoms with van der Waals surface area (Å²) < 4.78 is 44.5. The summed E-state index contributed by atoms with van der Waals surface area (Å²) >= 11 is 0. The number of nitrogens with one attached hydrogen (secondary N) is 2. The van der Waals surface area contributed by atoms with Crippen molar-refractivity contribution in [1.82, 2.24) is 14.3 Å². The Kier molecular flexibility index (Phi) is 7.63. The Bertz CT molecular complexity index is 1450. The summed E-state index contributed by atoms with van der Waals surface area (Å²) in [4.78, 5) is 9.22. The lowest BCUT2D eigenvalue weighted by Crippen LogP contribution is -2.23. The highest BCUT2D eigenvalue weighted by Gasteiger charge is 2.15. The molecule has 0 atom stereocenters. The van der Waals surface area contributed by atoms with Crippen LogP contribution in [0.25, 0.3) is 10.9 Å². The third-order valence-corrected chi connectivity index (χ3v) is 7.07. The molecule has 0 radical (unpaired) electrons. The van der Waals surface area contributed by atoms with Crippen molar-refractivity contribution < 1.29 is 22.7 Å². The normalized spacial score (nSPS) is 11.6. The zero-order valence-electron chi connectivity index (χ0n) is 19.8. The van der Waals surface area contributed by atoms with Crippen LogP contribution >= 0.6 is 0 Å². The molecule has 1 heterocycles. The van der Waals surface area contributed by atoms with E-state index in [0.717, 1.165) is 0 Å². The molecule has 0 bridgehead atoms. The average Bonchev–Trinajstić information content (AvgIpc) is 2.85. The highest BCUT2D eigenvalue weighted by Crippen LogP contribution is 2.32. The van der Waals surface area contributed by atoms with E-state index in [1.54, 1.807) is 48.5 Å². The molecule has 9 nitrogen and oxygen atoms in total. The molecule has 0 spiro atoms. The highest BCUT2D eigenvalue weighted by atomic mass is 32.2. The molecular weight excluding hydrogens is 485 g/mol. The standard InChI is InChI=1S/C25H26FN5O4S/c1-31(2)36(33,34)16-17-6-10-20(11-7-17)28-25-29-23-21(4-3-5-22(23)35-15-14-32)24(30-25)27-19-12-8-18(26)9-13-19/h3-13,32H,14-16H2,1-2H3,(H2,27,28,29,30). The van der Waals surface area contributed by atoms with E-state index in [2.05, 4.69) is 20.6 Å². The Morgan fingerprint density at radius 2 is 1.61 bits per heavy atom. The second kappa shape index (κ2) is 10.9. The summed E-state index contributed by atoms with van der Waals surface area (Å²) in [6.45, 7) is -0.0485. The Balaban J connectivity index is 1.68. The van der Waals surface area contributed by atoms with Gasteiger partial charge in [-0.3, -0.25) is 0 Å². The Morgan fingerprint density at radius 1 is 0.944 bits per heavy atom. The number of aliphatic hydroxyl groups excluding tert-OH is 1. The van der Waals surface area contributed by atoms with Crippen molar-refractivity contribution in [3.05, 3.63) is 78.1 Å². The van der Waals surface area contributed by atoms with E-state index in [-0.39, 0.29) is 30.7 Å². The van der Waals surface area contributed by atoms with Crippen molar-refractivity contribution in [2.24, 2.45) is 0 Å². The maximum Gasteiger partial charge on any atom is 0.229 e. The van der Waals surface area contributed by atoms with Gasteiger partial charge in [-0.05, 0) is 54.1 Å². The van der Waals surface area contributed by atoms with Crippen LogP contribution < -0.4 is 15.4 Å². The second-order valence-electron chi connectivity index (χ2n) is 8.11. The van der Waals surface area contributed by atoms with Gasteiger partial charge in [0, 0.05) is 30.9 Å². The van der Waals surface area contributed by atoms with Crippen molar-refractivity contribution in [3.63, 3.8) is 0 Å². The number of nitrogens with zero attached hydrogens (tertiary/aromatic N) is 3. The molecule has 4 rings (SSSR count). The molecule has 0 saturated carbocycles. The number of halogens is 1. The number of benzene rings is 3. The first-order valence-electron chi connectivity index (χ1n) is 11.1. The Hall–Kier alpha value is -3.80. The minimum absolute atomic E-state index is 0.101. The van der Waals surface area contributed by atoms with Gasteiger partial charge < -0.3 is 20.5 Å². The zero-order valence-corrected chi connectivity index (χ0v) is 20.6. The van der Waals surface area contributed by atoms with Crippen LogP contribution in [0.15, 0.2) is 66.7 Å². The number of hydrogen-bond donors (Lipinski definition) is 3. The molecule has 1 aromatic heterocycles. The van der Waals surface area contributed by atoms with Gasteiger partial charge in [0.05, 0.1) is 12.4 Å². The lowest BCUT2D eigenvalue weighted by Gasteiger charge is -2.15. The van der Waals surface area contributed by atoms with Crippen LogP contribution in [0, 0.1) is 5.82 Å². The molecule has 188 valence electrons. The first kappa shape index (κ1) is 25.3. The molecule has 0 saturated heterocycles. The lowest BCUT2D eigenvalue weighted by molar-refractivity contribution is 0.202. The van der Waals surface area contributed by atoms with E-state index >= 15 is 0 Å². The van der Waals surface area contributed by atoms with Gasteiger partial charge in [0.1, 0.15) is 29.5 Å². The minimum Gasteiger partial charge on any atom is -0.489 e. The summed E-state index contributed by atoms with van der Waals surface area (Å²) in [5.74, 6) is 0.748. The molecule has 0 fully saturated rings. The van der Waals surface area contributed by atoms with Crippen LogP contribution in [0.2, 0.25) is 0 Å². The number of fused-ring (bicyclic) bond motifs is 1. The van der Waals surface area contributed by atoms with Gasteiger partial charge in [-0.25, -0.2) is 22.1 Å². The van der Waals surface area contributed by atoms with Crippen molar-refractivity contribution in [3.8, 4) is 5.75 Å². The topological polar surface area (TPSA) is 117 Å². The average molecular weight is 512 g/mol. The number of sulfonamides is 1. The smallest absolute Gasteiger partial charge is 0.229 e. The monoisotopic (exact) mass is 511 g/mol. The van der Waals surface area contributed by atoms with Crippen LogP contribution in [0.3, 0.4) is 0 Å². The first-order chi connectivity index (χ1) is 17.2. The molecule has 11 heteroatoms. The number of hydrogen-bond acceptors (Lipinski definition) is 8. The van der Waals surface area contributed by atoms with Gasteiger partial charge in [0.25, 0.3) is 0 Å². The zero-order chi connectivity index (χ0) is 25.7. The number of ether oxygens (including phenoxy) is 1. The maximum atomic E-state index is 13.4. The van der Waals surface area contributed by atoms with Gasteiger partial charge in [-0.2, -0.15) is 4.98 Å². The minimum atomic E-state index is -3.37. The maximum absolute atomic E-state index is 13.4. The summed E-state index contributed by atoms with van der Waals surface area (Å²) in [6.07, 6.45) is 0. The van der Waals surface area contributed by atoms with E-state index in [0.29, 0.717) is 39.4 Å². The van der Waals surface area contributed by atoms with Gasteiger partial charge in [-0.1, -0.05) is 18.2 Å². The fourth-order valence-electron chi connectivity index (χ4n) is 3.37. The van der Waals surface area contributed by atoms with Gasteiger partial charge >= 0.3 is 0 Å². The lowest BCUT2D eigenvalue weighted by atomic mass is 10.2. The summed E-state index contributed by atoms with van der Waals surface area (Å²) in [5, 5.41) is 16.2. The van der Waals surface area contributed by atoms with Crippen molar-refractivity contribution in [1.29, 1.82) is 0 Å². The van der Waals surface area contributed by atoms with Crippen LogP contribution in [0.4, 0.5) is 27.5 Å². The third kappa shape index (κ3) is 6.06. The molecule has 0 aliphatic rings. The van der Waals surface area contributed by atoms with Gasteiger partial charge in [0.2, 0.25) is 16.0 Å². The summed E-state index contributed by atoms with van der Waals surface area (Å²) in [6, 6.07) is 18.2. The van der Waals surface area contributed by atoms with E-state index in [4.69, 9.17) is 4.74 Å². The van der Waals surface area contributed by atoms with Crippen molar-refractivity contribution in [2.75, 3.05) is 37.9 Å². The number of para-hydroxylation sites is 1. The second-order valence-corrected chi connectivity index (χ2v) is 10.3. The predicted octanol–water partition coefficient (Wildman–Crippen LogP) is 4.02. The first-order valence-corrected chi connectivity index (χ1v) is 12.7. The fraction of sp³-hybridized carbons (Fsp3) is 0.200. The Labute approximate surface area is 208 Å². The Morgan fingerprint density at radius 3 is 2.28 bits per heavy atom. The van der Waals surface area contributed by atoms with E-state index in [1.807, 2.05) is 6.07 Å². The quantitative estimate of drug-likeness (QED) is 0.292. The molecule has 0 aliphatic carbocycles. The van der Waals surface area contributed by atoms with Gasteiger partial charge in [0.15, 0.2) is 0 Å². The number of aliphatic hydroxyl groups is 1. The number of aromatic nitrogens is 2. The number of anilines is 4. The predicted molar refractivity (Wildman–Crippen MR) is 138 cm³/mol. The van der Waals surface area contributed by atoms with E-state index in [9.17, 15) is 17.9 Å². The third-order valence-electron chi connectivity index (χ3n) is 5.26. The largest absolute Gasteiger partial charge is 0.489 e. The van der Waals surface area contributed by atoms with Gasteiger partial charge in [-0.15, -0.1) is 0 Å². The fourth-order valence-corrected chi connectivity index (χ4v) is 4.24. The molecule has 3 N–H and O–H groups in total. The SMILES string of the molecule is CN(C)S(=O)(=O)Cc1ccc(Nc2nc(Nc3ccc(F)cc3)c3cccc(OCCO)c3n2)cc1. The number of rotatable bonds is 10. The molecule has 0 amide bonds. The van der Waals surface area contributed by atoms with Crippen molar-refractivity contribution >= 4 is 44.1 Å². The van der Waals surface area contributed by atoms with E-state index < -0.39 is 10.0 Å². The molecule has 3 aromatic carbocycles. The molecule has 0 aliphatic heterocycles. The highest BCUT2D eigenvalue weighted by molar-refractivity contribution is 7.88. The van der Waals surface area contributed by atoms with Crippen LogP contribution in [-0.2, 0) is 15.8 Å². The molecular formula is C25H26FN5O4S. The van der Waals surface area contributed by atoms with Crippen LogP contribution in [-0.4, -0.2) is 55.1 Å². The summed E-state index contributed by atoms with van der Waals surface area (Å²) in [5.41, 5.74) is 2.45. The van der Waals surface area contributed by atoms with Crippen molar-refractivity contribution in [2.45, 2.75) is 5.75 Å². The van der Waals surface area contributed by atoms with Crippen LogP contribution in [0.5, 0.6) is 5.75 Å². The van der Waals surface area contributed by atoms with E-state index in [1.165, 1.54) is 30.5 Å². The van der Waals surface area contributed by atoms with Crippen LogP contribution in [0.1, 0.15) is 5.56 Å². The molecule has 4 aromatic rings. The summed E-state index contributed by atoms with van der Waals surface area (Å²) in [7, 11) is -0.376. The molecule has 0 unspecified atom stereocenters. The molecule has 36 heavy (non-hydrogen) atoms.